The van der Waals surface area contributed by atoms with Crippen molar-refractivity contribution < 1.29 is 4.74 Å². The molecule has 0 radical (unpaired) electrons. The van der Waals surface area contributed by atoms with Crippen LogP contribution in [-0.2, 0) is 11.8 Å². The summed E-state index contributed by atoms with van der Waals surface area (Å²) < 4.78 is 7.29. The minimum absolute atomic E-state index is 0.0634. The second kappa shape index (κ2) is 9.34. The van der Waals surface area contributed by atoms with Crippen molar-refractivity contribution in [3.05, 3.63) is 22.6 Å². The standard InChI is InChI=1S/C19H32N4O2/c1-22-19(24)13-17(14-21-22)23-11-12-25-18(15-23)9-10-20-16-7-5-3-2-4-6-8-16/h13-14,16,18,20H,2-12,15H2,1H3/t18-/m0/s1. The maximum absolute atomic E-state index is 11.8. The molecule has 2 aliphatic rings. The molecular formula is C19H32N4O2. The van der Waals surface area contributed by atoms with Crippen LogP contribution in [0.25, 0.3) is 0 Å². The van der Waals surface area contributed by atoms with Crippen LogP contribution >= 0.6 is 0 Å². The van der Waals surface area contributed by atoms with Crippen LogP contribution in [0.3, 0.4) is 0 Å². The van der Waals surface area contributed by atoms with Gasteiger partial charge in [0.2, 0.25) is 0 Å². The fourth-order valence-corrected chi connectivity index (χ4v) is 3.87. The van der Waals surface area contributed by atoms with Crippen LogP contribution in [0.15, 0.2) is 17.1 Å². The summed E-state index contributed by atoms with van der Waals surface area (Å²) in [4.78, 5) is 14.0. The number of nitrogens with zero attached hydrogens (tertiary/aromatic N) is 3. The molecule has 1 N–H and O–H groups in total. The molecule has 1 saturated heterocycles. The van der Waals surface area contributed by atoms with Crippen molar-refractivity contribution in [1.29, 1.82) is 0 Å². The van der Waals surface area contributed by atoms with Gasteiger partial charge in [0.15, 0.2) is 0 Å². The van der Waals surface area contributed by atoms with Gasteiger partial charge in [-0.1, -0.05) is 32.1 Å². The highest BCUT2D eigenvalue weighted by atomic mass is 16.5. The molecule has 3 rings (SSSR count). The van der Waals surface area contributed by atoms with Crippen molar-refractivity contribution in [1.82, 2.24) is 15.1 Å². The number of ether oxygens (including phenoxy) is 1. The Morgan fingerprint density at radius 1 is 1.24 bits per heavy atom. The van der Waals surface area contributed by atoms with Gasteiger partial charge in [-0.3, -0.25) is 4.79 Å². The van der Waals surface area contributed by atoms with Gasteiger partial charge < -0.3 is 15.0 Å². The molecular weight excluding hydrogens is 316 g/mol. The van der Waals surface area contributed by atoms with Gasteiger partial charge in [0, 0.05) is 32.2 Å². The van der Waals surface area contributed by atoms with Gasteiger partial charge in [0.05, 0.1) is 24.6 Å². The van der Waals surface area contributed by atoms with Gasteiger partial charge >= 0.3 is 0 Å². The summed E-state index contributed by atoms with van der Waals surface area (Å²) in [5, 5.41) is 7.87. The van der Waals surface area contributed by atoms with E-state index in [0.717, 1.165) is 31.7 Å². The lowest BCUT2D eigenvalue weighted by molar-refractivity contribution is 0.0348. The van der Waals surface area contributed by atoms with Crippen LogP contribution in [0.4, 0.5) is 5.69 Å². The third kappa shape index (κ3) is 5.54. The number of anilines is 1. The number of hydrogen-bond donors (Lipinski definition) is 1. The molecule has 0 aromatic carbocycles. The first-order chi connectivity index (χ1) is 12.2. The molecule has 6 nitrogen and oxygen atoms in total. The van der Waals surface area contributed by atoms with Gasteiger partial charge in [-0.05, 0) is 25.8 Å². The molecule has 6 heteroatoms. The number of aromatic nitrogens is 2. The summed E-state index contributed by atoms with van der Waals surface area (Å²) >= 11 is 0. The quantitative estimate of drug-likeness (QED) is 0.883. The predicted molar refractivity (Wildman–Crippen MR) is 100 cm³/mol. The van der Waals surface area contributed by atoms with E-state index in [1.807, 2.05) is 0 Å². The molecule has 1 aliphatic heterocycles. The second-order valence-corrected chi connectivity index (χ2v) is 7.40. The highest BCUT2D eigenvalue weighted by molar-refractivity contribution is 5.43. The fourth-order valence-electron chi connectivity index (χ4n) is 3.87. The van der Waals surface area contributed by atoms with Crippen LogP contribution < -0.4 is 15.8 Å². The zero-order valence-electron chi connectivity index (χ0n) is 15.5. The Labute approximate surface area is 150 Å². The minimum Gasteiger partial charge on any atom is -0.374 e. The summed E-state index contributed by atoms with van der Waals surface area (Å²) in [7, 11) is 1.68. The number of morpholine rings is 1. The Kier molecular flexibility index (Phi) is 6.87. The maximum atomic E-state index is 11.8. The third-order valence-corrected chi connectivity index (χ3v) is 5.46. The van der Waals surface area contributed by atoms with E-state index < -0.39 is 0 Å². The van der Waals surface area contributed by atoms with Gasteiger partial charge in [-0.25, -0.2) is 4.68 Å². The second-order valence-electron chi connectivity index (χ2n) is 7.40. The molecule has 2 heterocycles. The zero-order chi connectivity index (χ0) is 17.5. The number of nitrogens with one attached hydrogen (secondary N) is 1. The average Bonchev–Trinajstić information content (AvgIpc) is 2.59. The first-order valence-corrected chi connectivity index (χ1v) is 9.85. The molecule has 0 spiro atoms. The Hall–Kier alpha value is -1.40. The van der Waals surface area contributed by atoms with E-state index in [1.54, 1.807) is 19.3 Å². The van der Waals surface area contributed by atoms with Gasteiger partial charge in [0.25, 0.3) is 5.56 Å². The lowest BCUT2D eigenvalue weighted by atomic mass is 9.96. The first-order valence-electron chi connectivity index (χ1n) is 9.85. The Bertz CT molecular complexity index is 581. The van der Waals surface area contributed by atoms with Crippen molar-refractivity contribution in [2.75, 3.05) is 31.1 Å². The summed E-state index contributed by atoms with van der Waals surface area (Å²) in [6.45, 7) is 3.38. The Morgan fingerprint density at radius 3 is 2.76 bits per heavy atom. The number of hydrogen-bond acceptors (Lipinski definition) is 5. The third-order valence-electron chi connectivity index (χ3n) is 5.46. The van der Waals surface area contributed by atoms with Crippen LogP contribution in [0.1, 0.15) is 51.4 Å². The van der Waals surface area contributed by atoms with Crippen LogP contribution in [-0.4, -0.2) is 48.2 Å². The summed E-state index contributed by atoms with van der Waals surface area (Å²) in [5.74, 6) is 0. The van der Waals surface area contributed by atoms with E-state index in [9.17, 15) is 4.79 Å². The minimum atomic E-state index is -0.0634. The fraction of sp³-hybridized carbons (Fsp3) is 0.789. The van der Waals surface area contributed by atoms with Crippen molar-refractivity contribution in [3.63, 3.8) is 0 Å². The van der Waals surface area contributed by atoms with Crippen LogP contribution in [0, 0.1) is 0 Å². The van der Waals surface area contributed by atoms with E-state index in [4.69, 9.17) is 4.74 Å². The number of rotatable bonds is 5. The molecule has 1 aromatic heterocycles. The van der Waals surface area contributed by atoms with Crippen molar-refractivity contribution >= 4 is 5.69 Å². The largest absolute Gasteiger partial charge is 0.374 e. The molecule has 0 amide bonds. The highest BCUT2D eigenvalue weighted by Crippen LogP contribution is 2.18. The van der Waals surface area contributed by atoms with Crippen molar-refractivity contribution in [3.8, 4) is 0 Å². The van der Waals surface area contributed by atoms with E-state index in [0.29, 0.717) is 12.6 Å². The molecule has 1 aromatic rings. The highest BCUT2D eigenvalue weighted by Gasteiger charge is 2.21. The lowest BCUT2D eigenvalue weighted by Gasteiger charge is -2.34. The summed E-state index contributed by atoms with van der Waals surface area (Å²) in [6.07, 6.45) is 12.6. The van der Waals surface area contributed by atoms with Crippen LogP contribution in [0.2, 0.25) is 0 Å². The summed E-state index contributed by atoms with van der Waals surface area (Å²) in [5.41, 5.74) is 0.843. The zero-order valence-corrected chi connectivity index (χ0v) is 15.5. The Morgan fingerprint density at radius 2 is 2.00 bits per heavy atom. The predicted octanol–water partition coefficient (Wildman–Crippen LogP) is 2.08. The topological polar surface area (TPSA) is 59.4 Å². The van der Waals surface area contributed by atoms with Gasteiger partial charge in [-0.2, -0.15) is 5.10 Å². The van der Waals surface area contributed by atoms with Gasteiger partial charge in [-0.15, -0.1) is 0 Å². The summed E-state index contributed by atoms with van der Waals surface area (Å²) in [6, 6.07) is 2.35. The molecule has 140 valence electrons. The van der Waals surface area contributed by atoms with E-state index in [-0.39, 0.29) is 11.7 Å². The monoisotopic (exact) mass is 348 g/mol. The maximum Gasteiger partial charge on any atom is 0.268 e. The molecule has 25 heavy (non-hydrogen) atoms. The average molecular weight is 348 g/mol. The molecule has 1 aliphatic carbocycles. The number of aryl methyl sites for hydroxylation is 1. The normalized spacial score (nSPS) is 23.2. The molecule has 0 bridgehead atoms. The Balaban J connectivity index is 1.45. The van der Waals surface area contributed by atoms with Crippen molar-refractivity contribution in [2.24, 2.45) is 7.05 Å². The molecule has 1 atom stereocenters. The lowest BCUT2D eigenvalue weighted by Crippen LogP contribution is -2.44. The SMILES string of the molecule is Cn1ncc(N2CCO[C@@H](CCNC3CCCCCCC3)C2)cc1=O. The van der Waals surface area contributed by atoms with Crippen molar-refractivity contribution in [2.45, 2.75) is 63.5 Å². The molecule has 1 saturated carbocycles. The van der Waals surface area contributed by atoms with Gasteiger partial charge in [0.1, 0.15) is 0 Å². The van der Waals surface area contributed by atoms with E-state index >= 15 is 0 Å². The smallest absolute Gasteiger partial charge is 0.268 e. The van der Waals surface area contributed by atoms with E-state index in [2.05, 4.69) is 15.3 Å². The van der Waals surface area contributed by atoms with E-state index in [1.165, 1.54) is 49.6 Å². The first kappa shape index (κ1) is 18.4. The van der Waals surface area contributed by atoms with Crippen LogP contribution in [0.5, 0.6) is 0 Å². The molecule has 2 fully saturated rings. The molecule has 0 unspecified atom stereocenters.